The molecule has 47 heavy (non-hydrogen) atoms. The number of rotatable bonds is 12. The largest absolute Gasteiger partial charge is 0.493 e. The number of nitrogens with zero attached hydrogens (tertiary/aromatic N) is 6. The van der Waals surface area contributed by atoms with Crippen LogP contribution in [0.25, 0.3) is 0 Å². The number of carbonyl (C=O) groups is 2. The van der Waals surface area contributed by atoms with Crippen LogP contribution in [-0.4, -0.2) is 66.5 Å². The van der Waals surface area contributed by atoms with Crippen LogP contribution < -0.4 is 24.6 Å². The van der Waals surface area contributed by atoms with Crippen molar-refractivity contribution in [3.63, 3.8) is 0 Å². The number of halogens is 2. The van der Waals surface area contributed by atoms with Gasteiger partial charge in [-0.3, -0.25) is 19.6 Å². The molecule has 1 atom stereocenters. The van der Waals surface area contributed by atoms with Crippen molar-refractivity contribution < 1.29 is 27.8 Å². The van der Waals surface area contributed by atoms with Crippen molar-refractivity contribution in [2.45, 2.75) is 25.9 Å². The third kappa shape index (κ3) is 7.20. The van der Waals surface area contributed by atoms with Crippen LogP contribution in [0.4, 0.5) is 36.7 Å². The highest BCUT2D eigenvalue weighted by molar-refractivity contribution is 6.06. The Morgan fingerprint density at radius 1 is 1.09 bits per heavy atom. The van der Waals surface area contributed by atoms with E-state index in [-0.39, 0.29) is 42.0 Å². The summed E-state index contributed by atoms with van der Waals surface area (Å²) in [5.74, 6) is -2.33. The molecule has 244 valence electrons. The summed E-state index contributed by atoms with van der Waals surface area (Å²) in [6.45, 7) is 2.18. The van der Waals surface area contributed by atoms with Crippen LogP contribution in [0.1, 0.15) is 29.7 Å². The number of likely N-dealkylation sites (N-methyl/N-ethyl adjacent to an activating group) is 1. The number of pyridine rings is 1. The fourth-order valence-electron chi connectivity index (χ4n) is 5.20. The Labute approximate surface area is 271 Å². The van der Waals surface area contributed by atoms with Crippen LogP contribution >= 0.6 is 0 Å². The highest BCUT2D eigenvalue weighted by Crippen LogP contribution is 2.42. The van der Waals surface area contributed by atoms with E-state index >= 15 is 8.78 Å². The molecule has 3 heterocycles. The number of ketones is 1. The molecule has 0 saturated heterocycles. The van der Waals surface area contributed by atoms with E-state index in [0.29, 0.717) is 23.4 Å². The minimum Gasteiger partial charge on any atom is -0.493 e. The second-order valence-corrected chi connectivity index (χ2v) is 11.1. The maximum Gasteiger partial charge on any atom is 0.331 e. The monoisotopic (exact) mass is 643 g/mol. The summed E-state index contributed by atoms with van der Waals surface area (Å²) in [6.07, 6.45) is 8.24. The first-order valence-electron chi connectivity index (χ1n) is 14.8. The molecule has 13 heteroatoms. The molecule has 0 bridgehead atoms. The van der Waals surface area contributed by atoms with E-state index in [0.717, 1.165) is 16.5 Å². The molecular formula is C34H35F2N7O4. The minimum absolute atomic E-state index is 0.0704. The quantitative estimate of drug-likeness (QED) is 0.190. The summed E-state index contributed by atoms with van der Waals surface area (Å²) >= 11 is 0. The molecule has 0 aliphatic carbocycles. The first kappa shape index (κ1) is 32.9. The fourth-order valence-corrected chi connectivity index (χ4v) is 5.20. The van der Waals surface area contributed by atoms with Gasteiger partial charge in [0.05, 0.1) is 38.7 Å². The number of ether oxygens (including phenoxy) is 2. The van der Waals surface area contributed by atoms with Gasteiger partial charge in [0.25, 0.3) is 0 Å². The second-order valence-electron chi connectivity index (χ2n) is 11.1. The van der Waals surface area contributed by atoms with Crippen molar-refractivity contribution in [2.24, 2.45) is 0 Å². The maximum atomic E-state index is 15.7. The molecule has 2 aromatic heterocycles. The summed E-state index contributed by atoms with van der Waals surface area (Å²) in [6, 6.07) is 10.5. The van der Waals surface area contributed by atoms with E-state index in [1.54, 1.807) is 49.7 Å². The van der Waals surface area contributed by atoms with Gasteiger partial charge in [-0.25, -0.2) is 18.6 Å². The molecule has 11 nitrogen and oxygen atoms in total. The Bertz CT molecular complexity index is 1770. The second kappa shape index (κ2) is 14.3. The fraction of sp³-hybridized carbons (Fsp3) is 0.265. The van der Waals surface area contributed by atoms with Crippen molar-refractivity contribution in [2.75, 3.05) is 50.0 Å². The first-order chi connectivity index (χ1) is 22.6. The number of carbonyl (C=O) groups excluding carboxylic acids is 2. The van der Waals surface area contributed by atoms with E-state index < -0.39 is 29.4 Å². The highest BCUT2D eigenvalue weighted by atomic mass is 19.1. The van der Waals surface area contributed by atoms with E-state index in [2.05, 4.69) is 20.3 Å². The highest BCUT2D eigenvalue weighted by Gasteiger charge is 2.40. The SMILES string of the molecule is COc1cc(OC)c(F)c(N2Cc3cnc(Nc4cccnc4)nc3N(C(C)c3cccc(CC(=O)/C=C/CN(C)C)c3)C2=O)c1F. The molecule has 0 radical (unpaired) electrons. The Kier molecular flexibility index (Phi) is 10.0. The van der Waals surface area contributed by atoms with Crippen LogP contribution in [0.5, 0.6) is 11.5 Å². The third-order valence-electron chi connectivity index (χ3n) is 7.55. The Balaban J connectivity index is 1.57. The lowest BCUT2D eigenvalue weighted by Gasteiger charge is -2.39. The van der Waals surface area contributed by atoms with Gasteiger partial charge in [-0.2, -0.15) is 4.98 Å². The van der Waals surface area contributed by atoms with Crippen LogP contribution in [0, 0.1) is 11.6 Å². The molecule has 0 saturated carbocycles. The number of methoxy groups -OCH3 is 2. The van der Waals surface area contributed by atoms with Gasteiger partial charge in [0.15, 0.2) is 28.9 Å². The molecule has 0 spiro atoms. The number of nitrogens with one attached hydrogen (secondary N) is 1. The van der Waals surface area contributed by atoms with Crippen LogP contribution in [0.2, 0.25) is 0 Å². The summed E-state index contributed by atoms with van der Waals surface area (Å²) in [5.41, 5.74) is 1.85. The zero-order valence-corrected chi connectivity index (χ0v) is 26.7. The number of amides is 2. The first-order valence-corrected chi connectivity index (χ1v) is 14.8. The predicted molar refractivity (Wildman–Crippen MR) is 174 cm³/mol. The van der Waals surface area contributed by atoms with Crippen molar-refractivity contribution in [1.82, 2.24) is 19.9 Å². The molecule has 1 aliphatic rings. The molecule has 1 N–H and O–H groups in total. The van der Waals surface area contributed by atoms with Crippen LogP contribution in [0.3, 0.4) is 0 Å². The van der Waals surface area contributed by atoms with Gasteiger partial charge in [0, 0.05) is 37.0 Å². The molecule has 1 aliphatic heterocycles. The number of anilines is 4. The summed E-state index contributed by atoms with van der Waals surface area (Å²) < 4.78 is 41.7. The zero-order valence-electron chi connectivity index (χ0n) is 26.7. The van der Waals surface area contributed by atoms with Gasteiger partial charge in [-0.1, -0.05) is 30.3 Å². The van der Waals surface area contributed by atoms with Gasteiger partial charge in [0.2, 0.25) is 5.95 Å². The molecular weight excluding hydrogens is 608 g/mol. The predicted octanol–water partition coefficient (Wildman–Crippen LogP) is 5.85. The lowest BCUT2D eigenvalue weighted by Crippen LogP contribution is -2.49. The zero-order chi connectivity index (χ0) is 33.7. The summed E-state index contributed by atoms with van der Waals surface area (Å²) in [7, 11) is 6.30. The standard InChI is InChI=1S/C34H35F2N7O4/c1-21(23-10-6-9-22(15-23)16-26(44)12-8-14-41(2)3)43-32-24(18-38-33(40-32)39-25-11-7-13-37-19-25)20-42(34(43)45)31-29(35)27(46-4)17-28(47-5)30(31)36/h6-13,15,17-19,21H,14,16,20H2,1-5H3,(H,38,39,40)/b12-8+. The average Bonchev–Trinajstić information content (AvgIpc) is 3.05. The summed E-state index contributed by atoms with van der Waals surface area (Å²) in [4.78, 5) is 44.5. The van der Waals surface area contributed by atoms with Crippen molar-refractivity contribution in [1.29, 1.82) is 0 Å². The minimum atomic E-state index is -1.06. The van der Waals surface area contributed by atoms with Gasteiger partial charge >= 0.3 is 6.03 Å². The number of hydrogen-bond donors (Lipinski definition) is 1. The normalized spacial score (nSPS) is 13.6. The lowest BCUT2D eigenvalue weighted by atomic mass is 10.00. The lowest BCUT2D eigenvalue weighted by molar-refractivity contribution is -0.114. The van der Waals surface area contributed by atoms with E-state index in [1.807, 2.05) is 37.2 Å². The topological polar surface area (TPSA) is 113 Å². The van der Waals surface area contributed by atoms with Gasteiger partial charge in [0.1, 0.15) is 11.5 Å². The summed E-state index contributed by atoms with van der Waals surface area (Å²) in [5, 5.41) is 3.08. The van der Waals surface area contributed by atoms with Crippen LogP contribution in [-0.2, 0) is 17.8 Å². The molecule has 4 aromatic rings. The van der Waals surface area contributed by atoms with Crippen LogP contribution in [0.15, 0.2) is 73.2 Å². The molecule has 1 unspecified atom stereocenters. The van der Waals surface area contributed by atoms with Crippen molar-refractivity contribution in [3.8, 4) is 11.5 Å². The average molecular weight is 644 g/mol. The molecule has 2 aromatic carbocycles. The van der Waals surface area contributed by atoms with Gasteiger partial charge in [-0.15, -0.1) is 0 Å². The molecule has 2 amide bonds. The number of allylic oxidation sites excluding steroid dienone is 1. The van der Waals surface area contributed by atoms with E-state index in [4.69, 9.17) is 9.47 Å². The Morgan fingerprint density at radius 2 is 1.83 bits per heavy atom. The van der Waals surface area contributed by atoms with Gasteiger partial charge in [-0.05, 0) is 50.4 Å². The molecule has 0 fully saturated rings. The Hall–Kier alpha value is -5.43. The molecule has 5 rings (SSSR count). The maximum absolute atomic E-state index is 15.7. The van der Waals surface area contributed by atoms with Gasteiger partial charge < -0.3 is 19.7 Å². The van der Waals surface area contributed by atoms with Crippen molar-refractivity contribution >= 4 is 35.0 Å². The third-order valence-corrected chi connectivity index (χ3v) is 7.55. The number of fused-ring (bicyclic) bond motifs is 1. The van der Waals surface area contributed by atoms with E-state index in [9.17, 15) is 9.59 Å². The number of hydrogen-bond acceptors (Lipinski definition) is 9. The van der Waals surface area contributed by atoms with E-state index in [1.165, 1.54) is 25.3 Å². The van der Waals surface area contributed by atoms with Crippen molar-refractivity contribution in [3.05, 3.63) is 102 Å². The number of urea groups is 1. The number of benzene rings is 2. The Morgan fingerprint density at radius 3 is 2.49 bits per heavy atom. The smallest absolute Gasteiger partial charge is 0.331 e. The number of aromatic nitrogens is 3.